The average molecular weight is 195 g/mol. The molecule has 0 aliphatic heterocycles. The predicted octanol–water partition coefficient (Wildman–Crippen LogP) is 1.50. The summed E-state index contributed by atoms with van der Waals surface area (Å²) in [7, 11) is 0. The van der Waals surface area contributed by atoms with Gasteiger partial charge in [-0.25, -0.2) is 4.98 Å². The molecule has 0 saturated heterocycles. The number of nitrogen functional groups attached to an aromatic ring is 1. The van der Waals surface area contributed by atoms with E-state index in [0.717, 1.165) is 0 Å². The van der Waals surface area contributed by atoms with Crippen LogP contribution in [0, 0.1) is 0 Å². The summed E-state index contributed by atoms with van der Waals surface area (Å²) in [6.45, 7) is 0. The Morgan fingerprint density at radius 1 is 1.31 bits per heavy atom. The SMILES string of the molecule is Nc1cncc(Cl)c1-n1ccnc1. The molecule has 0 aromatic carbocycles. The van der Waals surface area contributed by atoms with Gasteiger partial charge in [0.25, 0.3) is 0 Å². The number of hydrogen-bond donors (Lipinski definition) is 1. The van der Waals surface area contributed by atoms with E-state index in [9.17, 15) is 0 Å². The van der Waals surface area contributed by atoms with Crippen molar-refractivity contribution in [3.8, 4) is 5.69 Å². The van der Waals surface area contributed by atoms with Gasteiger partial charge in [0.1, 0.15) is 0 Å². The van der Waals surface area contributed by atoms with Crippen LogP contribution in [-0.2, 0) is 0 Å². The van der Waals surface area contributed by atoms with Crippen molar-refractivity contribution in [2.75, 3.05) is 5.73 Å². The largest absolute Gasteiger partial charge is 0.396 e. The highest BCUT2D eigenvalue weighted by Gasteiger charge is 2.05. The Labute approximate surface area is 80.0 Å². The zero-order valence-electron chi connectivity index (χ0n) is 6.68. The van der Waals surface area contributed by atoms with Crippen LogP contribution in [0.2, 0.25) is 5.02 Å². The van der Waals surface area contributed by atoms with Crippen LogP contribution in [0.1, 0.15) is 0 Å². The third-order valence-electron chi connectivity index (χ3n) is 1.66. The van der Waals surface area contributed by atoms with Gasteiger partial charge in [-0.1, -0.05) is 11.6 Å². The van der Waals surface area contributed by atoms with E-state index >= 15 is 0 Å². The van der Waals surface area contributed by atoms with E-state index in [0.29, 0.717) is 16.4 Å². The van der Waals surface area contributed by atoms with E-state index in [-0.39, 0.29) is 0 Å². The molecule has 2 N–H and O–H groups in total. The number of halogens is 1. The number of rotatable bonds is 1. The molecule has 0 fully saturated rings. The van der Waals surface area contributed by atoms with Gasteiger partial charge in [0.15, 0.2) is 0 Å². The van der Waals surface area contributed by atoms with Crippen LogP contribution in [-0.4, -0.2) is 14.5 Å². The number of anilines is 1. The van der Waals surface area contributed by atoms with Crippen molar-refractivity contribution in [1.82, 2.24) is 14.5 Å². The van der Waals surface area contributed by atoms with E-state index in [1.54, 1.807) is 35.7 Å². The minimum atomic E-state index is 0.512. The fourth-order valence-electron chi connectivity index (χ4n) is 1.11. The van der Waals surface area contributed by atoms with Gasteiger partial charge in [-0.3, -0.25) is 4.98 Å². The molecule has 2 rings (SSSR count). The molecule has 2 heterocycles. The van der Waals surface area contributed by atoms with E-state index in [4.69, 9.17) is 17.3 Å². The standard InChI is InChI=1S/C8H7ClN4/c9-6-3-12-4-7(10)8(6)13-2-1-11-5-13/h1-5H,10H2. The predicted molar refractivity (Wildman–Crippen MR) is 50.8 cm³/mol. The molecular formula is C8H7ClN4. The molecule has 0 radical (unpaired) electrons. The summed E-state index contributed by atoms with van der Waals surface area (Å²) < 4.78 is 1.75. The molecule has 0 bridgehead atoms. The molecule has 2 aromatic heterocycles. The lowest BCUT2D eigenvalue weighted by molar-refractivity contribution is 1.05. The monoisotopic (exact) mass is 194 g/mol. The van der Waals surface area contributed by atoms with Crippen molar-refractivity contribution in [3.05, 3.63) is 36.1 Å². The molecule has 66 valence electrons. The van der Waals surface area contributed by atoms with Gasteiger partial charge in [-0.2, -0.15) is 0 Å². The van der Waals surface area contributed by atoms with Crippen molar-refractivity contribution < 1.29 is 0 Å². The molecule has 0 unspecified atom stereocenters. The zero-order chi connectivity index (χ0) is 9.26. The van der Waals surface area contributed by atoms with Crippen LogP contribution in [0.5, 0.6) is 0 Å². The van der Waals surface area contributed by atoms with E-state index in [1.807, 2.05) is 0 Å². The fourth-order valence-corrected chi connectivity index (χ4v) is 1.37. The molecule has 0 atom stereocenters. The Balaban J connectivity index is 2.64. The Morgan fingerprint density at radius 3 is 2.77 bits per heavy atom. The van der Waals surface area contributed by atoms with Crippen molar-refractivity contribution in [2.45, 2.75) is 0 Å². The smallest absolute Gasteiger partial charge is 0.0992 e. The van der Waals surface area contributed by atoms with Crippen LogP contribution in [0.4, 0.5) is 5.69 Å². The maximum atomic E-state index is 5.93. The third-order valence-corrected chi connectivity index (χ3v) is 1.94. The van der Waals surface area contributed by atoms with Gasteiger partial charge >= 0.3 is 0 Å². The van der Waals surface area contributed by atoms with Crippen molar-refractivity contribution in [2.24, 2.45) is 0 Å². The minimum Gasteiger partial charge on any atom is -0.396 e. The van der Waals surface area contributed by atoms with E-state index < -0.39 is 0 Å². The molecule has 2 aromatic rings. The first-order valence-corrected chi connectivity index (χ1v) is 4.04. The van der Waals surface area contributed by atoms with Gasteiger partial charge < -0.3 is 10.3 Å². The molecule has 0 spiro atoms. The van der Waals surface area contributed by atoms with Gasteiger partial charge in [0.05, 0.1) is 28.9 Å². The van der Waals surface area contributed by atoms with Crippen LogP contribution in [0.3, 0.4) is 0 Å². The third kappa shape index (κ3) is 1.36. The highest BCUT2D eigenvalue weighted by molar-refractivity contribution is 6.32. The number of nitrogens with zero attached hydrogens (tertiary/aromatic N) is 3. The Kier molecular flexibility index (Phi) is 1.90. The molecule has 5 heteroatoms. The summed E-state index contributed by atoms with van der Waals surface area (Å²) in [5, 5.41) is 0.512. The quantitative estimate of drug-likeness (QED) is 0.749. The van der Waals surface area contributed by atoms with E-state index in [1.165, 1.54) is 0 Å². The minimum absolute atomic E-state index is 0.512. The second-order valence-corrected chi connectivity index (χ2v) is 2.94. The number of pyridine rings is 1. The van der Waals surface area contributed by atoms with Crippen LogP contribution >= 0.6 is 11.6 Å². The van der Waals surface area contributed by atoms with Crippen molar-refractivity contribution in [1.29, 1.82) is 0 Å². The van der Waals surface area contributed by atoms with E-state index in [2.05, 4.69) is 9.97 Å². The maximum Gasteiger partial charge on any atom is 0.0992 e. The Hall–Kier alpha value is -1.55. The van der Waals surface area contributed by atoms with Crippen LogP contribution < -0.4 is 5.73 Å². The molecule has 4 nitrogen and oxygen atoms in total. The molecule has 0 aliphatic rings. The van der Waals surface area contributed by atoms with Crippen molar-refractivity contribution >= 4 is 17.3 Å². The van der Waals surface area contributed by atoms with Gasteiger partial charge in [-0.15, -0.1) is 0 Å². The summed E-state index contributed by atoms with van der Waals surface area (Å²) in [6.07, 6.45) is 8.18. The number of nitrogens with two attached hydrogens (primary N) is 1. The Morgan fingerprint density at radius 2 is 2.15 bits per heavy atom. The first-order chi connectivity index (χ1) is 6.29. The summed E-state index contributed by atoms with van der Waals surface area (Å²) in [5.74, 6) is 0. The maximum absolute atomic E-state index is 5.93. The first-order valence-electron chi connectivity index (χ1n) is 3.66. The number of aromatic nitrogens is 3. The Bertz CT molecular complexity index is 390. The van der Waals surface area contributed by atoms with Crippen molar-refractivity contribution in [3.63, 3.8) is 0 Å². The number of imidazole rings is 1. The summed E-state index contributed by atoms with van der Waals surface area (Å²) in [6, 6.07) is 0. The normalized spacial score (nSPS) is 10.2. The molecule has 0 aliphatic carbocycles. The first kappa shape index (κ1) is 8.07. The van der Waals surface area contributed by atoms with Gasteiger partial charge in [-0.05, 0) is 0 Å². The zero-order valence-corrected chi connectivity index (χ0v) is 7.44. The lowest BCUT2D eigenvalue weighted by Gasteiger charge is -2.06. The fraction of sp³-hybridized carbons (Fsp3) is 0. The topological polar surface area (TPSA) is 56.7 Å². The summed E-state index contributed by atoms with van der Waals surface area (Å²) in [4.78, 5) is 7.77. The lowest BCUT2D eigenvalue weighted by atomic mass is 10.3. The highest BCUT2D eigenvalue weighted by Crippen LogP contribution is 2.24. The average Bonchev–Trinajstić information content (AvgIpc) is 2.57. The summed E-state index contributed by atoms with van der Waals surface area (Å²) >= 11 is 5.93. The second-order valence-electron chi connectivity index (χ2n) is 2.53. The molecule has 0 amide bonds. The highest BCUT2D eigenvalue weighted by atomic mass is 35.5. The molecule has 13 heavy (non-hydrogen) atoms. The molecular weight excluding hydrogens is 188 g/mol. The molecule has 0 saturated carbocycles. The van der Waals surface area contributed by atoms with Gasteiger partial charge in [0, 0.05) is 18.6 Å². The number of hydrogen-bond acceptors (Lipinski definition) is 3. The lowest BCUT2D eigenvalue weighted by Crippen LogP contribution is -1.99. The second kappa shape index (κ2) is 3.06. The van der Waals surface area contributed by atoms with Crippen LogP contribution in [0.25, 0.3) is 5.69 Å². The van der Waals surface area contributed by atoms with Gasteiger partial charge in [0.2, 0.25) is 0 Å². The van der Waals surface area contributed by atoms with Crippen LogP contribution in [0.15, 0.2) is 31.1 Å². The summed E-state index contributed by atoms with van der Waals surface area (Å²) in [5.41, 5.74) is 6.97.